The van der Waals surface area contributed by atoms with Gasteiger partial charge in [0, 0.05) is 19.3 Å². The lowest BCUT2D eigenvalue weighted by Crippen LogP contribution is -2.37. The van der Waals surface area contributed by atoms with E-state index in [2.05, 4.69) is 19.2 Å². The number of carbonyl (C=O) groups is 2. The molecule has 1 amide bonds. The Balaban J connectivity index is 3.88. The quantitative estimate of drug-likeness (QED) is 0.0501. The monoisotopic (exact) mass is 582 g/mol. The number of unbranched alkanes of at least 4 members (excludes halogenated alkanes) is 18. The predicted molar refractivity (Wildman–Crippen MR) is 172 cm³/mol. The molecule has 0 aliphatic heterocycles. The molecule has 0 rings (SSSR count). The summed E-state index contributed by atoms with van der Waals surface area (Å²) in [5, 5.41) is 3.04. The highest BCUT2D eigenvalue weighted by atomic mass is 16.5. The van der Waals surface area contributed by atoms with Crippen molar-refractivity contribution in [3.8, 4) is 0 Å². The molecule has 0 unspecified atom stereocenters. The van der Waals surface area contributed by atoms with E-state index in [9.17, 15) is 9.59 Å². The van der Waals surface area contributed by atoms with Crippen LogP contribution in [0.4, 0.5) is 0 Å². The van der Waals surface area contributed by atoms with Crippen LogP contribution < -0.4 is 5.32 Å². The number of esters is 1. The molecule has 6 nitrogen and oxygen atoms in total. The summed E-state index contributed by atoms with van der Waals surface area (Å²) in [7, 11) is 1.59. The van der Waals surface area contributed by atoms with Gasteiger partial charge in [0.1, 0.15) is 6.10 Å². The van der Waals surface area contributed by atoms with Gasteiger partial charge in [-0.15, -0.1) is 0 Å². The van der Waals surface area contributed by atoms with Gasteiger partial charge in [0.05, 0.1) is 32.6 Å². The van der Waals surface area contributed by atoms with E-state index >= 15 is 0 Å². The van der Waals surface area contributed by atoms with Crippen LogP contribution in [0.15, 0.2) is 12.3 Å². The molecule has 0 spiro atoms. The van der Waals surface area contributed by atoms with E-state index < -0.39 is 0 Å². The average molecular weight is 582 g/mol. The van der Waals surface area contributed by atoms with E-state index in [-0.39, 0.29) is 24.0 Å². The lowest BCUT2D eigenvalue weighted by atomic mass is 10.1. The maximum Gasteiger partial charge on any atom is 0.306 e. The molecule has 1 N–H and O–H groups in total. The number of nitrogens with one attached hydrogen (secondary N) is 1. The molecule has 0 bridgehead atoms. The number of carbonyl (C=O) groups excluding carboxylic acids is 2. The van der Waals surface area contributed by atoms with E-state index in [1.807, 2.05) is 13.0 Å². The topological polar surface area (TPSA) is 73.9 Å². The molecule has 41 heavy (non-hydrogen) atoms. The second kappa shape index (κ2) is 31.4. The van der Waals surface area contributed by atoms with Crippen molar-refractivity contribution in [3.63, 3.8) is 0 Å². The predicted octanol–water partition coefficient (Wildman–Crippen LogP) is 9.59. The number of methoxy groups -OCH3 is 1. The summed E-state index contributed by atoms with van der Waals surface area (Å²) in [5.74, 6) is -0.0647. The molecule has 6 heteroatoms. The zero-order chi connectivity index (χ0) is 30.2. The average Bonchev–Trinajstić information content (AvgIpc) is 2.95. The van der Waals surface area contributed by atoms with Gasteiger partial charge < -0.3 is 19.5 Å². The fraction of sp³-hybridized carbons (Fsp3) is 0.886. The summed E-state index contributed by atoms with van der Waals surface area (Å²) in [4.78, 5) is 24.6. The van der Waals surface area contributed by atoms with Gasteiger partial charge in [0.25, 0.3) is 0 Å². The summed E-state index contributed by atoms with van der Waals surface area (Å²) in [5.41, 5.74) is 0. The highest BCUT2D eigenvalue weighted by Gasteiger charge is 2.12. The summed E-state index contributed by atoms with van der Waals surface area (Å²) >= 11 is 0. The van der Waals surface area contributed by atoms with Gasteiger partial charge in [-0.1, -0.05) is 129 Å². The van der Waals surface area contributed by atoms with Crippen molar-refractivity contribution in [2.75, 3.05) is 20.3 Å². The van der Waals surface area contributed by atoms with Crippen molar-refractivity contribution in [2.45, 2.75) is 181 Å². The Hall–Kier alpha value is -1.56. The van der Waals surface area contributed by atoms with Crippen LogP contribution in [-0.2, 0) is 23.8 Å². The smallest absolute Gasteiger partial charge is 0.306 e. The van der Waals surface area contributed by atoms with Crippen molar-refractivity contribution in [3.05, 3.63) is 12.3 Å². The minimum absolute atomic E-state index is 0.0501. The van der Waals surface area contributed by atoms with Crippen molar-refractivity contribution in [2.24, 2.45) is 0 Å². The molecule has 0 fully saturated rings. The third kappa shape index (κ3) is 29.7. The fourth-order valence-electron chi connectivity index (χ4n) is 4.93. The second-order valence-corrected chi connectivity index (χ2v) is 11.8. The van der Waals surface area contributed by atoms with Crippen LogP contribution in [0, 0.1) is 0 Å². The number of hydrogen-bond acceptors (Lipinski definition) is 5. The highest BCUT2D eigenvalue weighted by molar-refractivity contribution is 5.76. The van der Waals surface area contributed by atoms with Crippen LogP contribution in [0.3, 0.4) is 0 Å². The van der Waals surface area contributed by atoms with Crippen LogP contribution in [0.2, 0.25) is 0 Å². The van der Waals surface area contributed by atoms with E-state index in [0.29, 0.717) is 32.5 Å². The molecule has 0 aromatic rings. The largest absolute Gasteiger partial charge is 0.505 e. The summed E-state index contributed by atoms with van der Waals surface area (Å²) in [6.45, 7) is 7.25. The number of hydrogen-bond donors (Lipinski definition) is 1. The summed E-state index contributed by atoms with van der Waals surface area (Å²) in [6.07, 6.45) is 30.0. The van der Waals surface area contributed by atoms with Crippen LogP contribution in [0.25, 0.3) is 0 Å². The van der Waals surface area contributed by atoms with Gasteiger partial charge in [-0.05, 0) is 25.8 Å². The Labute approximate surface area is 254 Å². The van der Waals surface area contributed by atoms with Crippen molar-refractivity contribution in [1.82, 2.24) is 5.32 Å². The Kier molecular flexibility index (Phi) is 30.2. The normalized spacial score (nSPS) is 12.9. The van der Waals surface area contributed by atoms with Gasteiger partial charge >= 0.3 is 5.97 Å². The highest BCUT2D eigenvalue weighted by Crippen LogP contribution is 2.13. The Morgan fingerprint density at radius 2 is 1.15 bits per heavy atom. The summed E-state index contributed by atoms with van der Waals surface area (Å²) < 4.78 is 16.4. The minimum Gasteiger partial charge on any atom is -0.505 e. The first-order chi connectivity index (χ1) is 20.0. The first kappa shape index (κ1) is 39.4. The minimum atomic E-state index is -0.236. The molecule has 0 saturated carbocycles. The first-order valence-corrected chi connectivity index (χ1v) is 17.3. The van der Waals surface area contributed by atoms with Gasteiger partial charge in [0.15, 0.2) is 0 Å². The molecule has 0 saturated heterocycles. The lowest BCUT2D eigenvalue weighted by Gasteiger charge is -2.17. The van der Waals surface area contributed by atoms with Crippen LogP contribution >= 0.6 is 0 Å². The lowest BCUT2D eigenvalue weighted by molar-refractivity contribution is -0.149. The van der Waals surface area contributed by atoms with E-state index in [4.69, 9.17) is 14.2 Å². The van der Waals surface area contributed by atoms with Gasteiger partial charge in [-0.25, -0.2) is 0 Å². The fourth-order valence-corrected chi connectivity index (χ4v) is 4.93. The van der Waals surface area contributed by atoms with Crippen molar-refractivity contribution in [1.29, 1.82) is 0 Å². The van der Waals surface area contributed by atoms with E-state index in [0.717, 1.165) is 25.7 Å². The molecule has 2 atom stereocenters. The van der Waals surface area contributed by atoms with Crippen LogP contribution in [-0.4, -0.2) is 44.3 Å². The molecular formula is C35H67NO5. The summed E-state index contributed by atoms with van der Waals surface area (Å²) in [6, 6.07) is -0.236. The van der Waals surface area contributed by atoms with Gasteiger partial charge in [-0.3, -0.25) is 9.59 Å². The number of rotatable bonds is 31. The van der Waals surface area contributed by atoms with Gasteiger partial charge in [0.2, 0.25) is 5.91 Å². The van der Waals surface area contributed by atoms with Gasteiger partial charge in [-0.2, -0.15) is 0 Å². The maximum atomic E-state index is 12.4. The van der Waals surface area contributed by atoms with E-state index in [1.165, 1.54) is 103 Å². The molecule has 242 valence electrons. The third-order valence-corrected chi connectivity index (χ3v) is 7.58. The number of amides is 1. The van der Waals surface area contributed by atoms with Crippen LogP contribution in [0.5, 0.6) is 0 Å². The van der Waals surface area contributed by atoms with E-state index in [1.54, 1.807) is 13.4 Å². The zero-order valence-electron chi connectivity index (χ0n) is 27.5. The first-order valence-electron chi connectivity index (χ1n) is 17.3. The van der Waals surface area contributed by atoms with Crippen molar-refractivity contribution >= 4 is 11.9 Å². The Morgan fingerprint density at radius 1 is 0.683 bits per heavy atom. The molecule has 0 aromatic carbocycles. The maximum absolute atomic E-state index is 12.4. The molecule has 0 aliphatic rings. The molecule has 0 radical (unpaired) electrons. The zero-order valence-corrected chi connectivity index (χ0v) is 27.5. The number of ether oxygens (including phenoxy) is 3. The van der Waals surface area contributed by atoms with Crippen LogP contribution in [0.1, 0.15) is 168 Å². The Morgan fingerprint density at radius 3 is 1.63 bits per heavy atom. The SMILES string of the molecule is CCCCCCCCCCCCCC(=O)N[C@@H](/C=C/OC)COCC[C@@H](C)OC(=O)CCCCCCCCCCC. The van der Waals surface area contributed by atoms with Crippen molar-refractivity contribution < 1.29 is 23.8 Å². The standard InChI is InChI=1S/C35H67NO5/c1-5-7-9-11-13-15-16-18-19-21-23-25-34(37)36-33(28-29-39-4)31-40-30-27-32(3)41-35(38)26-24-22-20-17-14-12-10-8-6-2/h28-29,32-33H,5-27,30-31H2,1-4H3,(H,36,37)/b29-28+/t32-,33+/m1/s1. The Bertz CT molecular complexity index is 609. The molecule has 0 heterocycles. The second-order valence-electron chi connectivity index (χ2n) is 11.8. The molecule has 0 aromatic heterocycles. The molecular weight excluding hydrogens is 514 g/mol. The molecule has 0 aliphatic carbocycles. The third-order valence-electron chi connectivity index (χ3n) is 7.58.